The minimum absolute atomic E-state index is 0.0157. The molecular weight excluding hydrogens is 278 g/mol. The molecule has 0 aliphatic carbocycles. The average molecular weight is 286 g/mol. The van der Waals surface area contributed by atoms with E-state index >= 15 is 0 Å². The number of carbonyl (C=O) groups is 2. The summed E-state index contributed by atoms with van der Waals surface area (Å²) in [5.41, 5.74) is -0.444. The van der Waals surface area contributed by atoms with Crippen molar-refractivity contribution < 1.29 is 24.0 Å². The van der Waals surface area contributed by atoms with E-state index in [-0.39, 0.29) is 29.3 Å². The molecule has 0 unspecified atom stereocenters. The number of hydrogen-bond acceptors (Lipinski definition) is 6. The molecule has 0 amide bonds. The lowest BCUT2D eigenvalue weighted by atomic mass is 10.2. The van der Waals surface area contributed by atoms with Gasteiger partial charge in [0.25, 0.3) is 5.69 Å². The fourth-order valence-electron chi connectivity index (χ4n) is 1.56. The molecule has 0 N–H and O–H groups in total. The predicted molar refractivity (Wildman–Crippen MR) is 62.9 cm³/mol. The van der Waals surface area contributed by atoms with E-state index in [1.807, 2.05) is 0 Å². The minimum Gasteiger partial charge on any atom is -0.463 e. The molecule has 1 saturated heterocycles. The van der Waals surface area contributed by atoms with Gasteiger partial charge in [-0.2, -0.15) is 0 Å². The molecule has 1 heterocycles. The number of nitro benzene ring substituents is 1. The normalized spacial score (nSPS) is 17.9. The smallest absolute Gasteiger partial charge is 0.347 e. The first-order chi connectivity index (χ1) is 8.99. The fourth-order valence-corrected chi connectivity index (χ4v) is 1.76. The van der Waals surface area contributed by atoms with E-state index in [4.69, 9.17) is 16.3 Å². The number of rotatable bonds is 3. The Hall–Kier alpha value is -2.15. The summed E-state index contributed by atoms with van der Waals surface area (Å²) in [4.78, 5) is 32.9. The Balaban J connectivity index is 2.20. The van der Waals surface area contributed by atoms with Crippen molar-refractivity contribution in [2.75, 3.05) is 6.61 Å². The SMILES string of the molecule is O=C(O[C@@H]1CCOC1=O)c1cc([N+](=O)[O-])ccc1Cl. The summed E-state index contributed by atoms with van der Waals surface area (Å²) in [6.45, 7) is 0.180. The van der Waals surface area contributed by atoms with E-state index in [9.17, 15) is 19.7 Å². The monoisotopic (exact) mass is 285 g/mol. The van der Waals surface area contributed by atoms with Gasteiger partial charge in [0.15, 0.2) is 0 Å². The standard InChI is InChI=1S/C11H8ClNO6/c12-8-2-1-6(13(16)17)5-7(8)10(14)19-9-3-4-18-11(9)15/h1-2,5,9H,3-4H2/t9-/m1/s1. The van der Waals surface area contributed by atoms with Crippen LogP contribution in [0.3, 0.4) is 0 Å². The van der Waals surface area contributed by atoms with E-state index < -0.39 is 23.0 Å². The molecule has 1 fully saturated rings. The third kappa shape index (κ3) is 2.82. The number of cyclic esters (lactones) is 1. The zero-order valence-corrected chi connectivity index (χ0v) is 10.3. The largest absolute Gasteiger partial charge is 0.463 e. The van der Waals surface area contributed by atoms with Gasteiger partial charge in [-0.05, 0) is 6.07 Å². The van der Waals surface area contributed by atoms with E-state index in [0.29, 0.717) is 0 Å². The molecule has 0 aromatic heterocycles. The van der Waals surface area contributed by atoms with Crippen molar-refractivity contribution >= 4 is 29.2 Å². The number of nitro groups is 1. The van der Waals surface area contributed by atoms with Crippen molar-refractivity contribution in [3.05, 3.63) is 38.9 Å². The van der Waals surface area contributed by atoms with Crippen LogP contribution in [0.2, 0.25) is 5.02 Å². The van der Waals surface area contributed by atoms with Gasteiger partial charge in [0.05, 0.1) is 22.1 Å². The predicted octanol–water partition coefficient (Wildman–Crippen LogP) is 1.72. The number of nitrogens with zero attached hydrogens (tertiary/aromatic N) is 1. The molecule has 0 spiro atoms. The molecule has 1 aromatic rings. The van der Waals surface area contributed by atoms with Crippen molar-refractivity contribution in [3.63, 3.8) is 0 Å². The highest BCUT2D eigenvalue weighted by atomic mass is 35.5. The highest BCUT2D eigenvalue weighted by Gasteiger charge is 2.31. The van der Waals surface area contributed by atoms with Gasteiger partial charge in [-0.1, -0.05) is 11.6 Å². The maximum atomic E-state index is 11.8. The fraction of sp³-hybridized carbons (Fsp3) is 0.273. The Morgan fingerprint density at radius 2 is 2.26 bits per heavy atom. The van der Waals surface area contributed by atoms with Gasteiger partial charge in [0.2, 0.25) is 6.10 Å². The second-order valence-electron chi connectivity index (χ2n) is 3.77. The van der Waals surface area contributed by atoms with Gasteiger partial charge in [-0.15, -0.1) is 0 Å². The van der Waals surface area contributed by atoms with E-state index in [0.717, 1.165) is 6.07 Å². The van der Waals surface area contributed by atoms with Crippen LogP contribution in [0.5, 0.6) is 0 Å². The van der Waals surface area contributed by atoms with E-state index in [1.165, 1.54) is 12.1 Å². The van der Waals surface area contributed by atoms with Crippen LogP contribution in [0.25, 0.3) is 0 Å². The molecular formula is C11H8ClNO6. The molecule has 1 atom stereocenters. The van der Waals surface area contributed by atoms with Crippen LogP contribution in [-0.2, 0) is 14.3 Å². The number of esters is 2. The first-order valence-electron chi connectivity index (χ1n) is 5.30. The zero-order valence-electron chi connectivity index (χ0n) is 9.50. The van der Waals surface area contributed by atoms with Crippen LogP contribution in [0, 0.1) is 10.1 Å². The molecule has 1 aromatic carbocycles. The van der Waals surface area contributed by atoms with Gasteiger partial charge in [0, 0.05) is 18.6 Å². The Morgan fingerprint density at radius 1 is 1.53 bits per heavy atom. The minimum atomic E-state index is -0.983. The third-order valence-electron chi connectivity index (χ3n) is 2.52. The topological polar surface area (TPSA) is 95.7 Å². The Labute approximate surface area is 112 Å². The lowest BCUT2D eigenvalue weighted by molar-refractivity contribution is -0.384. The van der Waals surface area contributed by atoms with Crippen molar-refractivity contribution in [1.82, 2.24) is 0 Å². The summed E-state index contributed by atoms with van der Waals surface area (Å²) in [7, 11) is 0. The van der Waals surface area contributed by atoms with E-state index in [1.54, 1.807) is 0 Å². The van der Waals surface area contributed by atoms with Gasteiger partial charge >= 0.3 is 11.9 Å². The maximum Gasteiger partial charge on any atom is 0.347 e. The molecule has 1 aliphatic rings. The maximum absolute atomic E-state index is 11.8. The van der Waals surface area contributed by atoms with Crippen molar-refractivity contribution in [2.45, 2.75) is 12.5 Å². The van der Waals surface area contributed by atoms with Gasteiger partial charge in [-0.3, -0.25) is 10.1 Å². The number of halogens is 1. The molecule has 0 bridgehead atoms. The number of ether oxygens (including phenoxy) is 2. The first-order valence-corrected chi connectivity index (χ1v) is 5.68. The van der Waals surface area contributed by atoms with Crippen molar-refractivity contribution in [1.29, 1.82) is 0 Å². The Bertz CT molecular complexity index is 558. The Kier molecular flexibility index (Phi) is 3.66. The number of benzene rings is 1. The van der Waals surface area contributed by atoms with Crippen LogP contribution in [0.15, 0.2) is 18.2 Å². The van der Waals surface area contributed by atoms with E-state index in [2.05, 4.69) is 4.74 Å². The van der Waals surface area contributed by atoms with Crippen LogP contribution in [0.4, 0.5) is 5.69 Å². The molecule has 7 nitrogen and oxygen atoms in total. The Morgan fingerprint density at radius 3 is 2.84 bits per heavy atom. The summed E-state index contributed by atoms with van der Waals surface area (Å²) in [6.07, 6.45) is -0.722. The lowest BCUT2D eigenvalue weighted by Gasteiger charge is -2.09. The second-order valence-corrected chi connectivity index (χ2v) is 4.18. The summed E-state index contributed by atoms with van der Waals surface area (Å²) in [5.74, 6) is -1.52. The lowest BCUT2D eigenvalue weighted by Crippen LogP contribution is -2.22. The van der Waals surface area contributed by atoms with Crippen LogP contribution in [-0.4, -0.2) is 29.6 Å². The van der Waals surface area contributed by atoms with Crippen molar-refractivity contribution in [2.24, 2.45) is 0 Å². The summed E-state index contributed by atoms with van der Waals surface area (Å²) in [6, 6.07) is 3.40. The third-order valence-corrected chi connectivity index (χ3v) is 2.85. The zero-order chi connectivity index (χ0) is 14.0. The molecule has 0 radical (unpaired) electrons. The van der Waals surface area contributed by atoms with Gasteiger partial charge < -0.3 is 9.47 Å². The summed E-state index contributed by atoms with van der Waals surface area (Å²) >= 11 is 5.78. The molecule has 8 heteroatoms. The molecule has 19 heavy (non-hydrogen) atoms. The van der Waals surface area contributed by atoms with Gasteiger partial charge in [0.1, 0.15) is 0 Å². The molecule has 0 saturated carbocycles. The highest BCUT2D eigenvalue weighted by molar-refractivity contribution is 6.33. The second kappa shape index (κ2) is 5.23. The number of hydrogen-bond donors (Lipinski definition) is 0. The van der Waals surface area contributed by atoms with Crippen molar-refractivity contribution in [3.8, 4) is 0 Å². The summed E-state index contributed by atoms with van der Waals surface area (Å²) in [5, 5.41) is 10.6. The van der Waals surface area contributed by atoms with Gasteiger partial charge in [-0.25, -0.2) is 9.59 Å². The first kappa shape index (κ1) is 13.3. The highest BCUT2D eigenvalue weighted by Crippen LogP contribution is 2.24. The number of non-ortho nitro benzene ring substituents is 1. The molecule has 1 aliphatic heterocycles. The molecule has 2 rings (SSSR count). The number of carbonyl (C=O) groups excluding carboxylic acids is 2. The van der Waals surface area contributed by atoms with Crippen LogP contribution in [0.1, 0.15) is 16.8 Å². The average Bonchev–Trinajstić information content (AvgIpc) is 2.75. The van der Waals surface area contributed by atoms with Crippen LogP contribution >= 0.6 is 11.6 Å². The quantitative estimate of drug-likeness (QED) is 0.476. The summed E-state index contributed by atoms with van der Waals surface area (Å²) < 4.78 is 9.54. The molecule has 100 valence electrons. The van der Waals surface area contributed by atoms with Crippen LogP contribution < -0.4 is 0 Å².